The van der Waals surface area contributed by atoms with Crippen LogP contribution in [0.3, 0.4) is 0 Å². The van der Waals surface area contributed by atoms with E-state index in [0.717, 1.165) is 21.8 Å². The number of aromatic nitrogens is 4. The summed E-state index contributed by atoms with van der Waals surface area (Å²) in [4.78, 5) is 7.68. The zero-order valence-corrected chi connectivity index (χ0v) is 10.7. The zero-order chi connectivity index (χ0) is 12.5. The molecule has 0 aliphatic carbocycles. The lowest BCUT2D eigenvalue weighted by atomic mass is 10.3. The van der Waals surface area contributed by atoms with Crippen molar-refractivity contribution in [3.05, 3.63) is 30.3 Å². The minimum Gasteiger partial charge on any atom is -0.383 e. The Labute approximate surface area is 108 Å². The molecule has 92 valence electrons. The summed E-state index contributed by atoms with van der Waals surface area (Å²) in [6, 6.07) is 9.72. The molecule has 0 aliphatic heterocycles. The number of para-hydroxylation sites is 2. The monoisotopic (exact) mass is 259 g/mol. The number of rotatable bonds is 3. The van der Waals surface area contributed by atoms with Crippen LogP contribution in [0, 0.1) is 0 Å². The minimum absolute atomic E-state index is 0.588. The van der Waals surface area contributed by atoms with Crippen molar-refractivity contribution in [2.75, 3.05) is 11.5 Å². The highest BCUT2D eigenvalue weighted by Crippen LogP contribution is 2.21. The summed E-state index contributed by atoms with van der Waals surface area (Å²) >= 11 is 1.66. The summed E-state index contributed by atoms with van der Waals surface area (Å²) in [6.45, 7) is 2.08. The smallest absolute Gasteiger partial charge is 0.231 e. The van der Waals surface area contributed by atoms with E-state index in [-0.39, 0.29) is 0 Å². The Morgan fingerprint density at radius 2 is 2.22 bits per heavy atom. The quantitative estimate of drug-likeness (QED) is 0.709. The highest BCUT2D eigenvalue weighted by molar-refractivity contribution is 7.99. The van der Waals surface area contributed by atoms with Gasteiger partial charge in [0.25, 0.3) is 0 Å². The fourth-order valence-corrected chi connectivity index (χ4v) is 2.44. The number of aromatic amines is 1. The number of H-pyrrole nitrogens is 1. The van der Waals surface area contributed by atoms with Gasteiger partial charge in [-0.2, -0.15) is 9.78 Å². The molecule has 0 bridgehead atoms. The van der Waals surface area contributed by atoms with Gasteiger partial charge >= 0.3 is 0 Å². The van der Waals surface area contributed by atoms with Crippen LogP contribution >= 0.6 is 11.8 Å². The average molecular weight is 259 g/mol. The van der Waals surface area contributed by atoms with Crippen molar-refractivity contribution in [3.8, 4) is 5.95 Å². The van der Waals surface area contributed by atoms with Crippen LogP contribution in [0.15, 0.2) is 35.4 Å². The van der Waals surface area contributed by atoms with E-state index in [1.54, 1.807) is 16.4 Å². The highest BCUT2D eigenvalue weighted by Gasteiger charge is 2.10. The molecule has 2 heterocycles. The van der Waals surface area contributed by atoms with Crippen molar-refractivity contribution in [1.29, 1.82) is 0 Å². The molecule has 0 saturated carbocycles. The van der Waals surface area contributed by atoms with Crippen LogP contribution in [0.25, 0.3) is 17.0 Å². The largest absolute Gasteiger partial charge is 0.383 e. The third-order valence-electron chi connectivity index (χ3n) is 2.58. The van der Waals surface area contributed by atoms with E-state index in [0.29, 0.717) is 11.8 Å². The van der Waals surface area contributed by atoms with Crippen LogP contribution in [-0.2, 0) is 0 Å². The molecule has 2 aromatic heterocycles. The molecule has 5 nitrogen and oxygen atoms in total. The number of benzene rings is 1. The van der Waals surface area contributed by atoms with Crippen molar-refractivity contribution in [2.24, 2.45) is 0 Å². The third kappa shape index (κ3) is 1.84. The molecule has 0 aliphatic rings. The molecule has 6 heteroatoms. The van der Waals surface area contributed by atoms with E-state index in [9.17, 15) is 0 Å². The van der Waals surface area contributed by atoms with E-state index in [1.807, 2.05) is 30.3 Å². The van der Waals surface area contributed by atoms with Gasteiger partial charge in [-0.25, -0.2) is 4.98 Å². The van der Waals surface area contributed by atoms with E-state index in [1.165, 1.54) is 0 Å². The fourth-order valence-electron chi connectivity index (χ4n) is 1.80. The van der Waals surface area contributed by atoms with Crippen molar-refractivity contribution in [3.63, 3.8) is 0 Å². The molecule has 0 spiro atoms. The Balaban J connectivity index is 2.08. The first-order chi connectivity index (χ1) is 8.78. The molecule has 1 aromatic carbocycles. The maximum absolute atomic E-state index is 5.95. The number of fused-ring (bicyclic) bond motifs is 1. The summed E-state index contributed by atoms with van der Waals surface area (Å²) in [5.41, 5.74) is 7.84. The maximum Gasteiger partial charge on any atom is 0.231 e. The second kappa shape index (κ2) is 4.38. The number of imidazole rings is 1. The van der Waals surface area contributed by atoms with Gasteiger partial charge < -0.3 is 10.7 Å². The summed E-state index contributed by atoms with van der Waals surface area (Å²) < 4.78 is 1.64. The first kappa shape index (κ1) is 11.2. The molecular formula is C12H13N5S. The van der Waals surface area contributed by atoms with Crippen LogP contribution < -0.4 is 5.73 Å². The van der Waals surface area contributed by atoms with Crippen LogP contribution in [0.5, 0.6) is 0 Å². The summed E-state index contributed by atoms with van der Waals surface area (Å²) in [5.74, 6) is 2.21. The second-order valence-corrected chi connectivity index (χ2v) is 5.11. The molecule has 0 unspecified atom stereocenters. The molecule has 0 fully saturated rings. The van der Waals surface area contributed by atoms with E-state index < -0.39 is 0 Å². The summed E-state index contributed by atoms with van der Waals surface area (Å²) in [6.07, 6.45) is 0. The maximum atomic E-state index is 5.95. The van der Waals surface area contributed by atoms with Gasteiger partial charge in [-0.3, -0.25) is 0 Å². The minimum atomic E-state index is 0.588. The molecule has 18 heavy (non-hydrogen) atoms. The molecule has 3 rings (SSSR count). The molecule has 0 saturated heterocycles. The van der Waals surface area contributed by atoms with Crippen LogP contribution in [0.2, 0.25) is 0 Å². The van der Waals surface area contributed by atoms with Crippen molar-refractivity contribution < 1.29 is 0 Å². The normalized spacial score (nSPS) is 11.2. The zero-order valence-electron chi connectivity index (χ0n) is 9.92. The van der Waals surface area contributed by atoms with Crippen LogP contribution in [-0.4, -0.2) is 25.5 Å². The van der Waals surface area contributed by atoms with E-state index in [4.69, 9.17) is 5.73 Å². The number of anilines is 1. The SMILES string of the molecule is CCSc1cc(N)n(-c2nc3ccccc3[nH]2)n1. The molecular weight excluding hydrogens is 246 g/mol. The van der Waals surface area contributed by atoms with Gasteiger partial charge in [0.2, 0.25) is 5.95 Å². The molecule has 0 atom stereocenters. The van der Waals surface area contributed by atoms with Gasteiger partial charge in [-0.05, 0) is 17.9 Å². The number of nitrogens with zero attached hydrogens (tertiary/aromatic N) is 3. The number of nitrogens with two attached hydrogens (primary N) is 1. The van der Waals surface area contributed by atoms with Crippen molar-refractivity contribution in [1.82, 2.24) is 19.7 Å². The van der Waals surface area contributed by atoms with Crippen LogP contribution in [0.1, 0.15) is 6.92 Å². The lowest BCUT2D eigenvalue weighted by Gasteiger charge is -1.97. The first-order valence-electron chi connectivity index (χ1n) is 5.71. The Morgan fingerprint density at radius 3 is 3.00 bits per heavy atom. The highest BCUT2D eigenvalue weighted by atomic mass is 32.2. The Hall–Kier alpha value is -1.95. The first-order valence-corrected chi connectivity index (χ1v) is 6.70. The summed E-state index contributed by atoms with van der Waals surface area (Å²) in [5, 5.41) is 5.34. The average Bonchev–Trinajstić information content (AvgIpc) is 2.92. The van der Waals surface area contributed by atoms with Gasteiger partial charge in [0.05, 0.1) is 11.0 Å². The lowest BCUT2D eigenvalue weighted by molar-refractivity contribution is 0.804. The van der Waals surface area contributed by atoms with Crippen molar-refractivity contribution in [2.45, 2.75) is 11.9 Å². The van der Waals surface area contributed by atoms with Gasteiger partial charge in [-0.15, -0.1) is 11.8 Å². The molecule has 0 amide bonds. The van der Waals surface area contributed by atoms with Gasteiger partial charge in [-0.1, -0.05) is 19.1 Å². The van der Waals surface area contributed by atoms with E-state index >= 15 is 0 Å². The van der Waals surface area contributed by atoms with Gasteiger partial charge in [0.15, 0.2) is 0 Å². The topological polar surface area (TPSA) is 72.5 Å². The third-order valence-corrected chi connectivity index (χ3v) is 3.37. The molecule has 0 radical (unpaired) electrons. The molecule has 3 N–H and O–H groups in total. The number of nitrogen functional groups attached to an aromatic ring is 1. The number of hydrogen-bond acceptors (Lipinski definition) is 4. The Morgan fingerprint density at radius 1 is 1.39 bits per heavy atom. The standard InChI is InChI=1S/C12H13N5S/c1-2-18-11-7-10(13)17(16-11)12-14-8-5-3-4-6-9(8)15-12/h3-7H,2,13H2,1H3,(H,14,15). The van der Waals surface area contributed by atoms with Gasteiger partial charge in [0.1, 0.15) is 10.8 Å². The number of nitrogens with one attached hydrogen (secondary N) is 1. The molecule has 3 aromatic rings. The fraction of sp³-hybridized carbons (Fsp3) is 0.167. The van der Waals surface area contributed by atoms with E-state index in [2.05, 4.69) is 22.0 Å². The van der Waals surface area contributed by atoms with Crippen molar-refractivity contribution >= 4 is 28.6 Å². The van der Waals surface area contributed by atoms with Crippen LogP contribution in [0.4, 0.5) is 5.82 Å². The Bertz CT molecular complexity index is 652. The number of thioether (sulfide) groups is 1. The number of hydrogen-bond donors (Lipinski definition) is 2. The second-order valence-electron chi connectivity index (χ2n) is 3.83. The predicted octanol–water partition coefficient (Wildman–Crippen LogP) is 2.44. The van der Waals surface area contributed by atoms with Gasteiger partial charge in [0, 0.05) is 6.07 Å². The predicted molar refractivity (Wildman–Crippen MR) is 74.0 cm³/mol. The Kier molecular flexibility index (Phi) is 2.71. The summed E-state index contributed by atoms with van der Waals surface area (Å²) in [7, 11) is 0. The lowest BCUT2D eigenvalue weighted by Crippen LogP contribution is -2.03.